The summed E-state index contributed by atoms with van der Waals surface area (Å²) in [6.07, 6.45) is 0. The average Bonchev–Trinajstić information content (AvgIpc) is 3.28. The molecule has 0 fully saturated rings. The number of thioether (sulfide) groups is 1. The van der Waals surface area contributed by atoms with Crippen molar-refractivity contribution in [1.29, 1.82) is 0 Å². The molecule has 170 valence electrons. The standard InChI is InChI=1S/C22H28N6O2S2/c1-13(2)11-28-19(15(4)23-20(30)17-9-7-6-8-10-17)26-27-22(28)31-12-18(29)25-21-24-14(3)16(5)32-21/h6-10,13,15H,11-12H2,1-5H3,(H,23,30)(H,24,25,29). The van der Waals surface area contributed by atoms with Crippen LogP contribution >= 0.6 is 23.1 Å². The second kappa shape index (κ2) is 10.7. The minimum Gasteiger partial charge on any atom is -0.342 e. The molecule has 0 aliphatic carbocycles. The molecule has 1 unspecified atom stereocenters. The van der Waals surface area contributed by atoms with Crippen LogP contribution in [0.1, 0.15) is 53.6 Å². The first-order valence-corrected chi connectivity index (χ1v) is 12.2. The van der Waals surface area contributed by atoms with Crippen molar-refractivity contribution < 1.29 is 9.59 Å². The molecule has 2 amide bonds. The number of aryl methyl sites for hydroxylation is 2. The van der Waals surface area contributed by atoms with Gasteiger partial charge < -0.3 is 15.2 Å². The number of amides is 2. The Hall–Kier alpha value is -2.72. The van der Waals surface area contributed by atoms with E-state index in [0.717, 1.165) is 10.6 Å². The predicted molar refractivity (Wildman–Crippen MR) is 128 cm³/mol. The minimum atomic E-state index is -0.335. The van der Waals surface area contributed by atoms with Gasteiger partial charge in [-0.05, 0) is 38.8 Å². The van der Waals surface area contributed by atoms with Crippen LogP contribution in [0.4, 0.5) is 5.13 Å². The Bertz CT molecular complexity index is 1060. The van der Waals surface area contributed by atoms with Crippen molar-refractivity contribution in [3.05, 3.63) is 52.3 Å². The van der Waals surface area contributed by atoms with Gasteiger partial charge >= 0.3 is 0 Å². The summed E-state index contributed by atoms with van der Waals surface area (Å²) in [5.74, 6) is 0.890. The number of nitrogens with one attached hydrogen (secondary N) is 2. The number of nitrogens with zero attached hydrogens (tertiary/aromatic N) is 4. The molecule has 0 saturated carbocycles. The summed E-state index contributed by atoms with van der Waals surface area (Å²) in [4.78, 5) is 30.4. The van der Waals surface area contributed by atoms with Crippen molar-refractivity contribution in [2.45, 2.75) is 52.4 Å². The lowest BCUT2D eigenvalue weighted by atomic mass is 10.2. The number of aromatic nitrogens is 4. The molecular formula is C22H28N6O2S2. The zero-order chi connectivity index (χ0) is 23.3. The summed E-state index contributed by atoms with van der Waals surface area (Å²) in [5.41, 5.74) is 1.51. The monoisotopic (exact) mass is 472 g/mol. The average molecular weight is 473 g/mol. The third kappa shape index (κ3) is 6.17. The molecule has 1 atom stereocenters. The highest BCUT2D eigenvalue weighted by Crippen LogP contribution is 2.24. The normalized spacial score (nSPS) is 12.1. The maximum absolute atomic E-state index is 12.6. The van der Waals surface area contributed by atoms with Gasteiger partial charge in [-0.25, -0.2) is 4.98 Å². The van der Waals surface area contributed by atoms with Gasteiger partial charge in [0.25, 0.3) is 5.91 Å². The maximum atomic E-state index is 12.6. The van der Waals surface area contributed by atoms with Crippen LogP contribution < -0.4 is 10.6 Å². The van der Waals surface area contributed by atoms with E-state index in [1.807, 2.05) is 43.5 Å². The number of thiazole rings is 1. The SMILES string of the molecule is Cc1nc(NC(=O)CSc2nnc(C(C)NC(=O)c3ccccc3)n2CC(C)C)sc1C. The Balaban J connectivity index is 1.68. The van der Waals surface area contributed by atoms with Crippen molar-refractivity contribution in [3.8, 4) is 0 Å². The van der Waals surface area contributed by atoms with E-state index in [9.17, 15) is 9.59 Å². The summed E-state index contributed by atoms with van der Waals surface area (Å²) in [6.45, 7) is 10.7. The number of benzene rings is 1. The van der Waals surface area contributed by atoms with Crippen LogP contribution in [0, 0.1) is 19.8 Å². The predicted octanol–water partition coefficient (Wildman–Crippen LogP) is 4.23. The lowest BCUT2D eigenvalue weighted by Crippen LogP contribution is -2.29. The summed E-state index contributed by atoms with van der Waals surface area (Å²) in [5, 5.41) is 15.7. The minimum absolute atomic E-state index is 0.144. The van der Waals surface area contributed by atoms with Crippen LogP contribution in [-0.2, 0) is 11.3 Å². The third-order valence-electron chi connectivity index (χ3n) is 4.67. The van der Waals surface area contributed by atoms with Crippen molar-refractivity contribution >= 4 is 40.0 Å². The summed E-state index contributed by atoms with van der Waals surface area (Å²) in [7, 11) is 0. The Morgan fingerprint density at radius 3 is 2.47 bits per heavy atom. The fraction of sp³-hybridized carbons (Fsp3) is 0.409. The first kappa shape index (κ1) is 23.9. The second-order valence-electron chi connectivity index (χ2n) is 7.90. The molecule has 3 rings (SSSR count). The van der Waals surface area contributed by atoms with E-state index in [1.165, 1.54) is 23.1 Å². The number of hydrogen-bond donors (Lipinski definition) is 2. The molecule has 0 spiro atoms. The van der Waals surface area contributed by atoms with Gasteiger partial charge in [-0.15, -0.1) is 21.5 Å². The van der Waals surface area contributed by atoms with E-state index in [-0.39, 0.29) is 23.6 Å². The van der Waals surface area contributed by atoms with Crippen molar-refractivity contribution in [3.63, 3.8) is 0 Å². The highest BCUT2D eigenvalue weighted by atomic mass is 32.2. The van der Waals surface area contributed by atoms with Gasteiger partial charge in [-0.3, -0.25) is 9.59 Å². The van der Waals surface area contributed by atoms with Crippen LogP contribution in [0.3, 0.4) is 0 Å². The molecule has 1 aromatic carbocycles. The van der Waals surface area contributed by atoms with Gasteiger partial charge in [0.15, 0.2) is 16.1 Å². The molecule has 2 heterocycles. The van der Waals surface area contributed by atoms with Crippen LogP contribution in [0.5, 0.6) is 0 Å². The summed E-state index contributed by atoms with van der Waals surface area (Å²) >= 11 is 2.78. The molecule has 0 radical (unpaired) electrons. The van der Waals surface area contributed by atoms with Crippen LogP contribution in [-0.4, -0.2) is 37.3 Å². The fourth-order valence-corrected chi connectivity index (χ4v) is 4.60. The van der Waals surface area contributed by atoms with E-state index in [4.69, 9.17) is 0 Å². The molecule has 3 aromatic rings. The van der Waals surface area contributed by atoms with Gasteiger partial charge in [0.05, 0.1) is 17.5 Å². The molecular weight excluding hydrogens is 444 g/mol. The number of rotatable bonds is 9. The van der Waals surface area contributed by atoms with Gasteiger partial charge in [-0.1, -0.05) is 43.8 Å². The molecule has 0 aliphatic heterocycles. The fourth-order valence-electron chi connectivity index (χ4n) is 3.01. The van der Waals surface area contributed by atoms with E-state index in [2.05, 4.69) is 39.7 Å². The smallest absolute Gasteiger partial charge is 0.251 e. The highest BCUT2D eigenvalue weighted by molar-refractivity contribution is 7.99. The lowest BCUT2D eigenvalue weighted by Gasteiger charge is -2.17. The Morgan fingerprint density at radius 2 is 1.84 bits per heavy atom. The largest absolute Gasteiger partial charge is 0.342 e. The van der Waals surface area contributed by atoms with Crippen LogP contribution in [0.25, 0.3) is 0 Å². The van der Waals surface area contributed by atoms with E-state index in [1.54, 1.807) is 12.1 Å². The summed E-state index contributed by atoms with van der Waals surface area (Å²) in [6, 6.07) is 8.73. The van der Waals surface area contributed by atoms with Gasteiger partial charge in [0, 0.05) is 17.0 Å². The number of carbonyl (C=O) groups excluding carboxylic acids is 2. The molecule has 8 nitrogen and oxygen atoms in total. The topological polar surface area (TPSA) is 102 Å². The van der Waals surface area contributed by atoms with Crippen molar-refractivity contribution in [1.82, 2.24) is 25.1 Å². The van der Waals surface area contributed by atoms with Crippen LogP contribution in [0.2, 0.25) is 0 Å². The molecule has 32 heavy (non-hydrogen) atoms. The molecule has 0 saturated heterocycles. The summed E-state index contributed by atoms with van der Waals surface area (Å²) < 4.78 is 1.98. The van der Waals surface area contributed by atoms with E-state index >= 15 is 0 Å². The molecule has 10 heteroatoms. The lowest BCUT2D eigenvalue weighted by molar-refractivity contribution is -0.113. The van der Waals surface area contributed by atoms with Crippen molar-refractivity contribution in [2.24, 2.45) is 5.92 Å². The molecule has 0 bridgehead atoms. The molecule has 2 aromatic heterocycles. The first-order valence-electron chi connectivity index (χ1n) is 10.4. The molecule has 0 aliphatic rings. The van der Waals surface area contributed by atoms with Gasteiger partial charge in [0.1, 0.15) is 0 Å². The number of anilines is 1. The third-order valence-corrected chi connectivity index (χ3v) is 6.63. The van der Waals surface area contributed by atoms with Gasteiger partial charge in [0.2, 0.25) is 5.91 Å². The van der Waals surface area contributed by atoms with E-state index in [0.29, 0.717) is 34.1 Å². The van der Waals surface area contributed by atoms with E-state index < -0.39 is 0 Å². The molecule has 2 N–H and O–H groups in total. The van der Waals surface area contributed by atoms with Crippen LogP contribution in [0.15, 0.2) is 35.5 Å². The quantitative estimate of drug-likeness (QED) is 0.452. The first-order chi connectivity index (χ1) is 15.2. The number of carbonyl (C=O) groups is 2. The van der Waals surface area contributed by atoms with Crippen molar-refractivity contribution in [2.75, 3.05) is 11.1 Å². The Labute approximate surface area is 196 Å². The zero-order valence-electron chi connectivity index (χ0n) is 18.9. The maximum Gasteiger partial charge on any atom is 0.251 e. The van der Waals surface area contributed by atoms with Gasteiger partial charge in [-0.2, -0.15) is 0 Å². The number of hydrogen-bond acceptors (Lipinski definition) is 7. The second-order valence-corrected chi connectivity index (χ2v) is 10.0. The zero-order valence-corrected chi connectivity index (χ0v) is 20.5. The Morgan fingerprint density at radius 1 is 1.12 bits per heavy atom. The Kier molecular flexibility index (Phi) is 8.03. The highest BCUT2D eigenvalue weighted by Gasteiger charge is 2.21.